The van der Waals surface area contributed by atoms with Gasteiger partial charge in [-0.15, -0.1) is 0 Å². The molecule has 3 heterocycles. The number of aliphatic carboxylic acids is 1. The van der Waals surface area contributed by atoms with E-state index in [9.17, 15) is 20.1 Å². The Morgan fingerprint density at radius 3 is 2.33 bits per heavy atom. The van der Waals surface area contributed by atoms with Gasteiger partial charge in [0.1, 0.15) is 36.6 Å². The minimum Gasteiger partial charge on any atom is -0.479 e. The molecule has 3 unspecified atom stereocenters. The second-order valence-corrected chi connectivity index (χ2v) is 8.29. The molecule has 3 rings (SSSR count). The van der Waals surface area contributed by atoms with Crippen LogP contribution in [0.25, 0.3) is 10.4 Å². The lowest BCUT2D eigenvalue weighted by Gasteiger charge is -2.45. The number of unbranched alkanes of at least 4 members (excludes halogenated alkanes) is 2. The smallest absolute Gasteiger partial charge is 0.335 e. The number of hydrogen-bond donors (Lipinski definition) is 3. The second-order valence-electron chi connectivity index (χ2n) is 8.29. The van der Waals surface area contributed by atoms with Crippen LogP contribution >= 0.6 is 0 Å². The van der Waals surface area contributed by atoms with Crippen LogP contribution in [0.1, 0.15) is 39.5 Å². The molecule has 2 bridgehead atoms. The van der Waals surface area contributed by atoms with Crippen molar-refractivity contribution in [2.75, 3.05) is 19.8 Å². The predicted octanol–water partition coefficient (Wildman–Crippen LogP) is 0.708. The Bertz CT molecular complexity index is 693. The zero-order valence-corrected chi connectivity index (χ0v) is 18.8. The molecule has 3 N–H and O–H groups in total. The van der Waals surface area contributed by atoms with Crippen molar-refractivity contribution in [2.24, 2.45) is 5.11 Å². The van der Waals surface area contributed by atoms with Gasteiger partial charge in [-0.2, -0.15) is 0 Å². The van der Waals surface area contributed by atoms with Crippen molar-refractivity contribution in [1.29, 1.82) is 0 Å². The largest absolute Gasteiger partial charge is 0.479 e. The van der Waals surface area contributed by atoms with Crippen LogP contribution in [0.5, 0.6) is 0 Å². The lowest BCUT2D eigenvalue weighted by Crippen LogP contribution is -2.64. The van der Waals surface area contributed by atoms with Gasteiger partial charge in [-0.25, -0.2) is 4.79 Å². The first-order valence-electron chi connectivity index (χ1n) is 11.4. The Kier molecular flexibility index (Phi) is 9.68. The monoisotopic (exact) mass is 475 g/mol. The molecule has 0 radical (unpaired) electrons. The summed E-state index contributed by atoms with van der Waals surface area (Å²) >= 11 is 0. The number of carbonyl (C=O) groups is 1. The van der Waals surface area contributed by atoms with Gasteiger partial charge < -0.3 is 43.7 Å². The number of hydrogen-bond acceptors (Lipinski definition) is 10. The molecule has 33 heavy (non-hydrogen) atoms. The maximum Gasteiger partial charge on any atom is 0.335 e. The highest BCUT2D eigenvalue weighted by Crippen LogP contribution is 2.35. The number of carboxylic acids is 1. The highest BCUT2D eigenvalue weighted by atomic mass is 16.8. The predicted molar refractivity (Wildman–Crippen MR) is 110 cm³/mol. The van der Waals surface area contributed by atoms with Crippen LogP contribution in [-0.4, -0.2) is 102 Å². The second kappa shape index (κ2) is 12.2. The van der Waals surface area contributed by atoms with E-state index in [0.717, 1.165) is 19.3 Å². The molecule has 188 valence electrons. The summed E-state index contributed by atoms with van der Waals surface area (Å²) in [5.41, 5.74) is 8.84. The van der Waals surface area contributed by atoms with Crippen LogP contribution in [0.15, 0.2) is 5.11 Å². The minimum atomic E-state index is -1.63. The van der Waals surface area contributed by atoms with Gasteiger partial charge in [-0.05, 0) is 18.4 Å². The Hall–Kier alpha value is -1.54. The molecule has 13 heteroatoms. The van der Waals surface area contributed by atoms with Crippen LogP contribution < -0.4 is 0 Å². The van der Waals surface area contributed by atoms with Gasteiger partial charge in [0.05, 0.1) is 12.7 Å². The van der Waals surface area contributed by atoms with Crippen molar-refractivity contribution < 1.29 is 48.5 Å². The summed E-state index contributed by atoms with van der Waals surface area (Å²) in [6.45, 7) is 4.65. The molecule has 3 fully saturated rings. The summed E-state index contributed by atoms with van der Waals surface area (Å²) < 4.78 is 34.5. The highest BCUT2D eigenvalue weighted by Gasteiger charge is 2.55. The van der Waals surface area contributed by atoms with Gasteiger partial charge >= 0.3 is 5.97 Å². The van der Waals surface area contributed by atoms with Gasteiger partial charge in [-0.3, -0.25) is 0 Å². The number of aliphatic hydroxyl groups excluding tert-OH is 2. The van der Waals surface area contributed by atoms with Crippen molar-refractivity contribution in [3.05, 3.63) is 10.4 Å². The van der Waals surface area contributed by atoms with Crippen molar-refractivity contribution in [3.8, 4) is 0 Å². The van der Waals surface area contributed by atoms with Crippen LogP contribution in [0.2, 0.25) is 0 Å². The molecule has 13 nitrogen and oxygen atoms in total. The molecular weight excluding hydrogens is 442 g/mol. The van der Waals surface area contributed by atoms with Gasteiger partial charge in [0, 0.05) is 18.1 Å². The fourth-order valence-corrected chi connectivity index (χ4v) is 4.10. The van der Waals surface area contributed by atoms with E-state index < -0.39 is 67.3 Å². The first-order valence-corrected chi connectivity index (χ1v) is 11.4. The molecule has 0 spiro atoms. The quantitative estimate of drug-likeness (QED) is 0.157. The molecule has 10 atom stereocenters. The van der Waals surface area contributed by atoms with Crippen LogP contribution in [0.4, 0.5) is 0 Å². The fourth-order valence-electron chi connectivity index (χ4n) is 4.10. The molecule has 0 aliphatic carbocycles. The average molecular weight is 475 g/mol. The first kappa shape index (κ1) is 26.1. The Morgan fingerprint density at radius 2 is 1.73 bits per heavy atom. The van der Waals surface area contributed by atoms with E-state index >= 15 is 0 Å². The number of aliphatic hydroxyl groups is 2. The summed E-state index contributed by atoms with van der Waals surface area (Å²) in [7, 11) is 0. The molecule has 0 aromatic heterocycles. The molecule has 0 aromatic rings. The number of carboxylic acid groups (broad SMARTS) is 1. The van der Waals surface area contributed by atoms with Crippen molar-refractivity contribution in [1.82, 2.24) is 0 Å². The molecule has 3 aliphatic rings. The van der Waals surface area contributed by atoms with Gasteiger partial charge in [-0.1, -0.05) is 31.8 Å². The number of rotatable bonds is 12. The van der Waals surface area contributed by atoms with E-state index in [1.807, 2.05) is 13.8 Å². The van der Waals surface area contributed by atoms with Gasteiger partial charge in [0.2, 0.25) is 0 Å². The van der Waals surface area contributed by atoms with E-state index in [1.165, 1.54) is 0 Å². The Balaban J connectivity index is 1.84. The summed E-state index contributed by atoms with van der Waals surface area (Å²) in [6, 6.07) is -1.06. The van der Waals surface area contributed by atoms with Gasteiger partial charge in [0.15, 0.2) is 18.7 Å². The molecule has 3 aliphatic heterocycles. The lowest BCUT2D eigenvalue weighted by atomic mass is 9.96. The van der Waals surface area contributed by atoms with Crippen LogP contribution in [0, 0.1) is 0 Å². The Labute approximate surface area is 191 Å². The zero-order valence-electron chi connectivity index (χ0n) is 18.8. The number of fused-ring (bicyclic) bond motifs is 2. The number of ether oxygens (including phenoxy) is 6. The molecule has 0 amide bonds. The van der Waals surface area contributed by atoms with E-state index in [0.29, 0.717) is 13.0 Å². The summed E-state index contributed by atoms with van der Waals surface area (Å²) in [6.07, 6.45) is -7.23. The van der Waals surface area contributed by atoms with E-state index in [-0.39, 0.29) is 13.2 Å². The SMILES string of the molecule is CCCCOC1[C@H](O)[C@H](C(=O)O)O[C@@H](O[C@@H]2C3CO[C@H](O3)[C@@H](N=[N+]=[N-])C2O)[C@H]1OCCCC. The normalized spacial score (nSPS) is 40.4. The first-order chi connectivity index (χ1) is 15.9. The lowest BCUT2D eigenvalue weighted by molar-refractivity contribution is -0.335. The Morgan fingerprint density at radius 1 is 1.06 bits per heavy atom. The van der Waals surface area contributed by atoms with Crippen molar-refractivity contribution in [2.45, 2.75) is 101 Å². The topological polar surface area (TPSA) is 182 Å². The molecule has 3 saturated heterocycles. The van der Waals surface area contributed by atoms with Crippen molar-refractivity contribution >= 4 is 5.97 Å². The molecular formula is C20H33N3O10. The van der Waals surface area contributed by atoms with Crippen LogP contribution in [-0.2, 0) is 33.2 Å². The minimum absolute atomic E-state index is 0.0827. The molecule has 0 saturated carbocycles. The number of azide groups is 1. The van der Waals surface area contributed by atoms with E-state index in [4.69, 9.17) is 34.0 Å². The third-order valence-corrected chi connectivity index (χ3v) is 5.92. The summed E-state index contributed by atoms with van der Waals surface area (Å²) in [4.78, 5) is 14.5. The highest BCUT2D eigenvalue weighted by molar-refractivity contribution is 5.73. The average Bonchev–Trinajstić information content (AvgIpc) is 3.23. The summed E-state index contributed by atoms with van der Waals surface area (Å²) in [5, 5.41) is 34.7. The van der Waals surface area contributed by atoms with Gasteiger partial charge in [0.25, 0.3) is 0 Å². The maximum absolute atomic E-state index is 11.8. The fraction of sp³-hybridized carbons (Fsp3) is 0.950. The van der Waals surface area contributed by atoms with Crippen LogP contribution in [0.3, 0.4) is 0 Å². The maximum atomic E-state index is 11.8. The summed E-state index contributed by atoms with van der Waals surface area (Å²) in [5.74, 6) is -1.39. The van der Waals surface area contributed by atoms with Crippen molar-refractivity contribution in [3.63, 3.8) is 0 Å². The number of nitrogens with zero attached hydrogens (tertiary/aromatic N) is 3. The standard InChI is InChI=1S/C20H33N3O10/c1-3-5-7-28-15-13(25)16(18(26)27)33-20(17(15)29-8-6-4-2)32-14-10-9-30-19(31-10)11(12(14)24)22-23-21/h10-17,19-20,24-25H,3-9H2,1-2H3,(H,26,27)/t10?,11-,12?,13-,14+,15?,16+,17-,19+,20+/m0/s1. The zero-order chi connectivity index (χ0) is 24.0. The third-order valence-electron chi connectivity index (χ3n) is 5.92. The van der Waals surface area contributed by atoms with E-state index in [2.05, 4.69) is 10.0 Å². The molecule has 0 aromatic carbocycles. The van der Waals surface area contributed by atoms with E-state index in [1.54, 1.807) is 0 Å². The third kappa shape index (κ3) is 5.94.